The second kappa shape index (κ2) is 10.8. The third-order valence-electron chi connectivity index (χ3n) is 1.35. The molecule has 0 heterocycles. The highest BCUT2D eigenvalue weighted by atomic mass is 32.2. The van der Waals surface area contributed by atoms with Gasteiger partial charge in [-0.15, -0.1) is 0 Å². The first-order valence-corrected chi connectivity index (χ1v) is 5.52. The summed E-state index contributed by atoms with van der Waals surface area (Å²) in [6.07, 6.45) is 10.9. The third kappa shape index (κ3) is 9.79. The van der Waals surface area contributed by atoms with E-state index in [2.05, 4.69) is 24.3 Å². The molecule has 2 heteroatoms. The van der Waals surface area contributed by atoms with Crippen molar-refractivity contribution in [3.8, 4) is 0 Å². The highest BCUT2D eigenvalue weighted by Crippen LogP contribution is 2.00. The van der Waals surface area contributed by atoms with Crippen LogP contribution in [0.25, 0.3) is 0 Å². The van der Waals surface area contributed by atoms with Crippen LogP contribution in [0.5, 0.6) is 0 Å². The minimum atomic E-state index is 0.289. The Morgan fingerprint density at radius 3 is 2.58 bits per heavy atom. The predicted molar refractivity (Wildman–Crippen MR) is 57.6 cm³/mol. The van der Waals surface area contributed by atoms with E-state index < -0.39 is 0 Å². The summed E-state index contributed by atoms with van der Waals surface area (Å²) in [4.78, 5) is 0. The van der Waals surface area contributed by atoms with E-state index in [0.29, 0.717) is 0 Å². The summed E-state index contributed by atoms with van der Waals surface area (Å²) in [6.45, 7) is 2.33. The number of hydrogen-bond donors (Lipinski definition) is 1. The van der Waals surface area contributed by atoms with Gasteiger partial charge in [0.25, 0.3) is 0 Å². The Kier molecular flexibility index (Phi) is 10.6. The maximum absolute atomic E-state index is 8.48. The molecular formula is C10H18OS. The SMILES string of the molecule is C/C=C/CC/C=C/CSCCO. The van der Waals surface area contributed by atoms with Crippen LogP contribution in [0.4, 0.5) is 0 Å². The van der Waals surface area contributed by atoms with Crippen molar-refractivity contribution in [3.63, 3.8) is 0 Å². The molecule has 12 heavy (non-hydrogen) atoms. The van der Waals surface area contributed by atoms with Gasteiger partial charge in [0.15, 0.2) is 0 Å². The summed E-state index contributed by atoms with van der Waals surface area (Å²) < 4.78 is 0. The van der Waals surface area contributed by atoms with E-state index in [9.17, 15) is 0 Å². The first-order chi connectivity index (χ1) is 5.91. The number of aliphatic hydroxyl groups is 1. The van der Waals surface area contributed by atoms with Gasteiger partial charge in [-0.05, 0) is 19.8 Å². The molecule has 0 rings (SSSR count). The zero-order chi connectivity index (χ0) is 9.07. The summed E-state index contributed by atoms with van der Waals surface area (Å²) in [5.41, 5.74) is 0. The van der Waals surface area contributed by atoms with Crippen molar-refractivity contribution in [1.82, 2.24) is 0 Å². The molecule has 0 spiro atoms. The minimum Gasteiger partial charge on any atom is -0.396 e. The number of unbranched alkanes of at least 4 members (excludes halogenated alkanes) is 1. The summed E-state index contributed by atoms with van der Waals surface area (Å²) >= 11 is 1.76. The fourth-order valence-electron chi connectivity index (χ4n) is 0.761. The van der Waals surface area contributed by atoms with Crippen LogP contribution in [0.3, 0.4) is 0 Å². The minimum absolute atomic E-state index is 0.289. The zero-order valence-corrected chi connectivity index (χ0v) is 8.52. The Morgan fingerprint density at radius 2 is 1.92 bits per heavy atom. The average molecular weight is 186 g/mol. The largest absolute Gasteiger partial charge is 0.396 e. The number of allylic oxidation sites excluding steroid dienone is 3. The number of thioether (sulfide) groups is 1. The topological polar surface area (TPSA) is 20.2 Å². The summed E-state index contributed by atoms with van der Waals surface area (Å²) in [7, 11) is 0. The van der Waals surface area contributed by atoms with E-state index in [1.54, 1.807) is 11.8 Å². The average Bonchev–Trinajstić information content (AvgIpc) is 2.10. The lowest BCUT2D eigenvalue weighted by molar-refractivity contribution is 0.322. The maximum atomic E-state index is 8.48. The van der Waals surface area contributed by atoms with E-state index >= 15 is 0 Å². The Bertz CT molecular complexity index is 130. The van der Waals surface area contributed by atoms with E-state index in [1.807, 2.05) is 6.92 Å². The van der Waals surface area contributed by atoms with Crippen molar-refractivity contribution >= 4 is 11.8 Å². The van der Waals surface area contributed by atoms with E-state index in [0.717, 1.165) is 24.3 Å². The molecule has 0 aromatic rings. The van der Waals surface area contributed by atoms with Crippen molar-refractivity contribution in [2.24, 2.45) is 0 Å². The van der Waals surface area contributed by atoms with Crippen molar-refractivity contribution in [1.29, 1.82) is 0 Å². The number of aliphatic hydroxyl groups excluding tert-OH is 1. The van der Waals surface area contributed by atoms with Gasteiger partial charge in [-0.3, -0.25) is 0 Å². The summed E-state index contributed by atoms with van der Waals surface area (Å²) in [5, 5.41) is 8.48. The molecule has 1 nitrogen and oxygen atoms in total. The van der Waals surface area contributed by atoms with Gasteiger partial charge in [0.1, 0.15) is 0 Å². The lowest BCUT2D eigenvalue weighted by atomic mass is 10.3. The molecule has 0 aliphatic heterocycles. The third-order valence-corrected chi connectivity index (χ3v) is 2.25. The van der Waals surface area contributed by atoms with Gasteiger partial charge >= 0.3 is 0 Å². The Hall–Kier alpha value is -0.210. The van der Waals surface area contributed by atoms with Crippen LogP contribution >= 0.6 is 11.8 Å². The highest BCUT2D eigenvalue weighted by Gasteiger charge is 1.81. The Morgan fingerprint density at radius 1 is 1.17 bits per heavy atom. The lowest BCUT2D eigenvalue weighted by Gasteiger charge is -1.91. The zero-order valence-electron chi connectivity index (χ0n) is 7.70. The van der Waals surface area contributed by atoms with Crippen LogP contribution in [-0.4, -0.2) is 23.2 Å². The van der Waals surface area contributed by atoms with E-state index in [-0.39, 0.29) is 6.61 Å². The second-order valence-corrected chi connectivity index (χ2v) is 3.57. The van der Waals surface area contributed by atoms with Gasteiger partial charge in [-0.1, -0.05) is 24.3 Å². The molecule has 0 aliphatic rings. The number of rotatable bonds is 7. The lowest BCUT2D eigenvalue weighted by Crippen LogP contribution is -1.85. The van der Waals surface area contributed by atoms with Gasteiger partial charge in [-0.25, -0.2) is 0 Å². The number of hydrogen-bond acceptors (Lipinski definition) is 2. The quantitative estimate of drug-likeness (QED) is 0.487. The summed E-state index contributed by atoms with van der Waals surface area (Å²) in [5.74, 6) is 1.87. The monoisotopic (exact) mass is 186 g/mol. The van der Waals surface area contributed by atoms with Crippen LogP contribution < -0.4 is 0 Å². The normalized spacial score (nSPS) is 11.8. The fraction of sp³-hybridized carbons (Fsp3) is 0.600. The molecule has 0 aromatic heterocycles. The van der Waals surface area contributed by atoms with Crippen molar-refractivity contribution in [2.45, 2.75) is 19.8 Å². The standard InChI is InChI=1S/C10H18OS/c1-2-3-4-5-6-7-9-12-10-8-11/h2-3,6-7,11H,4-5,8-10H2,1H3/b3-2+,7-6+. The molecule has 0 radical (unpaired) electrons. The highest BCUT2D eigenvalue weighted by molar-refractivity contribution is 7.99. The molecule has 0 aliphatic carbocycles. The van der Waals surface area contributed by atoms with Crippen LogP contribution in [0.2, 0.25) is 0 Å². The Labute approximate surface area is 79.6 Å². The van der Waals surface area contributed by atoms with Crippen molar-refractivity contribution in [3.05, 3.63) is 24.3 Å². The Balaban J connectivity index is 3.03. The van der Waals surface area contributed by atoms with Crippen LogP contribution in [0, 0.1) is 0 Å². The molecule has 0 fully saturated rings. The smallest absolute Gasteiger partial charge is 0.0521 e. The molecule has 0 amide bonds. The van der Waals surface area contributed by atoms with Gasteiger partial charge in [0.05, 0.1) is 6.61 Å². The van der Waals surface area contributed by atoms with Crippen molar-refractivity contribution in [2.75, 3.05) is 18.1 Å². The van der Waals surface area contributed by atoms with Crippen LogP contribution in [0.15, 0.2) is 24.3 Å². The molecule has 0 saturated heterocycles. The van der Waals surface area contributed by atoms with Gasteiger partial charge in [0, 0.05) is 11.5 Å². The fourth-order valence-corrected chi connectivity index (χ4v) is 1.33. The van der Waals surface area contributed by atoms with Gasteiger partial charge < -0.3 is 5.11 Å². The molecular weight excluding hydrogens is 168 g/mol. The van der Waals surface area contributed by atoms with Crippen molar-refractivity contribution < 1.29 is 5.11 Å². The van der Waals surface area contributed by atoms with Gasteiger partial charge in [-0.2, -0.15) is 11.8 Å². The summed E-state index contributed by atoms with van der Waals surface area (Å²) in [6, 6.07) is 0. The molecule has 0 unspecified atom stereocenters. The van der Waals surface area contributed by atoms with Gasteiger partial charge in [0.2, 0.25) is 0 Å². The maximum Gasteiger partial charge on any atom is 0.0521 e. The first-order valence-electron chi connectivity index (χ1n) is 4.36. The van der Waals surface area contributed by atoms with Crippen LogP contribution in [-0.2, 0) is 0 Å². The van der Waals surface area contributed by atoms with E-state index in [1.165, 1.54) is 0 Å². The molecule has 70 valence electrons. The first kappa shape index (κ1) is 11.8. The van der Waals surface area contributed by atoms with E-state index in [4.69, 9.17) is 5.11 Å². The van der Waals surface area contributed by atoms with Crippen LogP contribution in [0.1, 0.15) is 19.8 Å². The second-order valence-electron chi connectivity index (χ2n) is 2.42. The molecule has 1 N–H and O–H groups in total. The molecule has 0 atom stereocenters. The predicted octanol–water partition coefficient (Wildman–Crippen LogP) is 2.62. The molecule has 0 bridgehead atoms. The molecule has 0 saturated carbocycles. The molecule has 0 aromatic carbocycles.